The number of aromatic hydroxyl groups is 1. The monoisotopic (exact) mass is 351 g/mol. The van der Waals surface area contributed by atoms with Crippen molar-refractivity contribution in [2.75, 3.05) is 20.2 Å². The lowest BCUT2D eigenvalue weighted by Gasteiger charge is -2.27. The van der Waals surface area contributed by atoms with Gasteiger partial charge in [0.15, 0.2) is 5.78 Å². The lowest BCUT2D eigenvalue weighted by molar-refractivity contribution is 0.104. The summed E-state index contributed by atoms with van der Waals surface area (Å²) in [6.07, 6.45) is 7.02. The van der Waals surface area contributed by atoms with Crippen LogP contribution in [0.15, 0.2) is 48.5 Å². The molecule has 0 amide bonds. The van der Waals surface area contributed by atoms with Crippen molar-refractivity contribution in [3.05, 3.63) is 65.2 Å². The van der Waals surface area contributed by atoms with Crippen LogP contribution < -0.4 is 4.74 Å². The maximum atomic E-state index is 12.5. The molecule has 1 heterocycles. The van der Waals surface area contributed by atoms with E-state index in [0.29, 0.717) is 5.56 Å². The van der Waals surface area contributed by atoms with Crippen molar-refractivity contribution >= 4 is 11.9 Å². The minimum absolute atomic E-state index is 0.0594. The molecule has 0 aliphatic carbocycles. The lowest BCUT2D eigenvalue weighted by atomic mass is 10.0. The molecule has 26 heavy (non-hydrogen) atoms. The second-order valence-electron chi connectivity index (χ2n) is 6.66. The number of nitrogens with zero attached hydrogens (tertiary/aromatic N) is 1. The largest absolute Gasteiger partial charge is 0.508 e. The molecule has 1 saturated heterocycles. The van der Waals surface area contributed by atoms with E-state index in [1.54, 1.807) is 43.5 Å². The first-order valence-corrected chi connectivity index (χ1v) is 9.06. The van der Waals surface area contributed by atoms with E-state index >= 15 is 0 Å². The predicted molar refractivity (Wildman–Crippen MR) is 104 cm³/mol. The Morgan fingerprint density at radius 3 is 2.69 bits per heavy atom. The molecule has 0 atom stereocenters. The number of phenols is 1. The van der Waals surface area contributed by atoms with E-state index in [1.807, 2.05) is 18.2 Å². The van der Waals surface area contributed by atoms with E-state index < -0.39 is 0 Å². The van der Waals surface area contributed by atoms with Gasteiger partial charge in [-0.1, -0.05) is 24.6 Å². The standard InChI is InChI=1S/C22H25NO3/c1-26-22-11-9-18(15-19(22)16-23-12-3-2-4-13-23)21(25)10-8-17-6-5-7-20(24)14-17/h5-11,14-15,24H,2-4,12-13,16H2,1H3/b10-8+. The quantitative estimate of drug-likeness (QED) is 0.623. The topological polar surface area (TPSA) is 49.8 Å². The van der Waals surface area contributed by atoms with Gasteiger partial charge in [-0.3, -0.25) is 9.69 Å². The Kier molecular flexibility index (Phi) is 6.08. The fourth-order valence-corrected chi connectivity index (χ4v) is 3.31. The average Bonchev–Trinajstić information content (AvgIpc) is 2.67. The van der Waals surface area contributed by atoms with Crippen molar-refractivity contribution in [2.45, 2.75) is 25.8 Å². The summed E-state index contributed by atoms with van der Waals surface area (Å²) in [6, 6.07) is 12.4. The van der Waals surface area contributed by atoms with Crippen LogP contribution in [-0.4, -0.2) is 36.0 Å². The summed E-state index contributed by atoms with van der Waals surface area (Å²) in [5.74, 6) is 0.952. The number of carbonyl (C=O) groups is 1. The SMILES string of the molecule is COc1ccc(C(=O)/C=C/c2cccc(O)c2)cc1CN1CCCCC1. The number of piperidine rings is 1. The average molecular weight is 351 g/mol. The second kappa shape index (κ2) is 8.68. The fourth-order valence-electron chi connectivity index (χ4n) is 3.31. The van der Waals surface area contributed by atoms with Gasteiger partial charge in [-0.25, -0.2) is 0 Å². The van der Waals surface area contributed by atoms with E-state index in [0.717, 1.165) is 36.5 Å². The molecule has 136 valence electrons. The molecular formula is C22H25NO3. The number of likely N-dealkylation sites (tertiary alicyclic amines) is 1. The first kappa shape index (κ1) is 18.2. The van der Waals surface area contributed by atoms with Gasteiger partial charge in [0.1, 0.15) is 11.5 Å². The summed E-state index contributed by atoms with van der Waals surface area (Å²) in [5, 5.41) is 9.51. The predicted octanol–water partition coefficient (Wildman–Crippen LogP) is 4.28. The Labute approximate surface area is 154 Å². The van der Waals surface area contributed by atoms with Gasteiger partial charge in [-0.15, -0.1) is 0 Å². The summed E-state index contributed by atoms with van der Waals surface area (Å²) < 4.78 is 5.48. The van der Waals surface area contributed by atoms with Crippen molar-refractivity contribution in [1.29, 1.82) is 0 Å². The van der Waals surface area contributed by atoms with Crippen LogP contribution >= 0.6 is 0 Å². The molecule has 0 spiro atoms. The van der Waals surface area contributed by atoms with Crippen LogP contribution in [0.25, 0.3) is 6.08 Å². The first-order chi connectivity index (χ1) is 12.7. The van der Waals surface area contributed by atoms with Crippen molar-refractivity contribution in [2.24, 2.45) is 0 Å². The van der Waals surface area contributed by atoms with E-state index in [-0.39, 0.29) is 11.5 Å². The van der Waals surface area contributed by atoms with Crippen LogP contribution in [0.3, 0.4) is 0 Å². The molecular weight excluding hydrogens is 326 g/mol. The van der Waals surface area contributed by atoms with Crippen LogP contribution in [0.2, 0.25) is 0 Å². The number of methoxy groups -OCH3 is 1. The molecule has 1 aliphatic heterocycles. The molecule has 1 aliphatic rings. The molecule has 0 aromatic heterocycles. The third-order valence-electron chi connectivity index (χ3n) is 4.70. The Balaban J connectivity index is 1.76. The second-order valence-corrected chi connectivity index (χ2v) is 6.66. The van der Waals surface area contributed by atoms with Gasteiger partial charge in [-0.05, 0) is 67.9 Å². The van der Waals surface area contributed by atoms with Crippen molar-refractivity contribution in [3.8, 4) is 11.5 Å². The summed E-state index contributed by atoms with van der Waals surface area (Å²) >= 11 is 0. The van der Waals surface area contributed by atoms with Gasteiger partial charge in [0, 0.05) is 17.7 Å². The maximum absolute atomic E-state index is 12.5. The van der Waals surface area contributed by atoms with E-state index in [1.165, 1.54) is 19.3 Å². The first-order valence-electron chi connectivity index (χ1n) is 9.06. The zero-order chi connectivity index (χ0) is 18.4. The van der Waals surface area contributed by atoms with E-state index in [9.17, 15) is 9.90 Å². The highest BCUT2D eigenvalue weighted by atomic mass is 16.5. The van der Waals surface area contributed by atoms with Crippen molar-refractivity contribution in [1.82, 2.24) is 4.90 Å². The molecule has 1 N–H and O–H groups in total. The van der Waals surface area contributed by atoms with Gasteiger partial charge in [0.05, 0.1) is 7.11 Å². The summed E-state index contributed by atoms with van der Waals surface area (Å²) in [7, 11) is 1.66. The maximum Gasteiger partial charge on any atom is 0.185 e. The molecule has 3 rings (SSSR count). The number of rotatable bonds is 6. The number of benzene rings is 2. The van der Waals surface area contributed by atoms with Crippen molar-refractivity contribution < 1.29 is 14.6 Å². The van der Waals surface area contributed by atoms with Gasteiger partial charge < -0.3 is 9.84 Å². The third-order valence-corrected chi connectivity index (χ3v) is 4.70. The zero-order valence-electron chi connectivity index (χ0n) is 15.1. The molecule has 0 unspecified atom stereocenters. The Morgan fingerprint density at radius 2 is 1.96 bits per heavy atom. The highest BCUT2D eigenvalue weighted by Crippen LogP contribution is 2.24. The normalized spacial score (nSPS) is 15.3. The molecule has 0 radical (unpaired) electrons. The van der Waals surface area contributed by atoms with E-state index in [4.69, 9.17) is 4.74 Å². The van der Waals surface area contributed by atoms with E-state index in [2.05, 4.69) is 4.90 Å². The summed E-state index contributed by atoms with van der Waals surface area (Å²) in [4.78, 5) is 15.0. The molecule has 0 bridgehead atoms. The van der Waals surface area contributed by atoms with Crippen LogP contribution in [0.5, 0.6) is 11.5 Å². The Morgan fingerprint density at radius 1 is 1.15 bits per heavy atom. The highest BCUT2D eigenvalue weighted by Gasteiger charge is 2.14. The minimum Gasteiger partial charge on any atom is -0.508 e. The number of carbonyl (C=O) groups excluding carboxylic acids is 1. The molecule has 1 fully saturated rings. The minimum atomic E-state index is -0.0594. The van der Waals surface area contributed by atoms with Crippen LogP contribution in [0, 0.1) is 0 Å². The molecule has 0 saturated carbocycles. The summed E-state index contributed by atoms with van der Waals surface area (Å²) in [5.41, 5.74) is 2.49. The number of ether oxygens (including phenoxy) is 1. The van der Waals surface area contributed by atoms with Crippen LogP contribution in [0.1, 0.15) is 40.7 Å². The van der Waals surface area contributed by atoms with Crippen molar-refractivity contribution in [3.63, 3.8) is 0 Å². The number of phenolic OH excluding ortho intramolecular Hbond substituents is 1. The number of hydrogen-bond acceptors (Lipinski definition) is 4. The Bertz CT molecular complexity index is 792. The van der Waals surface area contributed by atoms with Gasteiger partial charge in [0.2, 0.25) is 0 Å². The Hall–Kier alpha value is -2.59. The molecule has 2 aromatic carbocycles. The lowest BCUT2D eigenvalue weighted by Crippen LogP contribution is -2.29. The van der Waals surface area contributed by atoms with Gasteiger partial charge in [0.25, 0.3) is 0 Å². The summed E-state index contributed by atoms with van der Waals surface area (Å²) in [6.45, 7) is 3.00. The fraction of sp³-hybridized carbons (Fsp3) is 0.318. The van der Waals surface area contributed by atoms with Crippen LogP contribution in [0.4, 0.5) is 0 Å². The van der Waals surface area contributed by atoms with Gasteiger partial charge in [-0.2, -0.15) is 0 Å². The molecule has 4 nitrogen and oxygen atoms in total. The van der Waals surface area contributed by atoms with Gasteiger partial charge >= 0.3 is 0 Å². The number of hydrogen-bond donors (Lipinski definition) is 1. The van der Waals surface area contributed by atoms with Crippen LogP contribution in [-0.2, 0) is 6.54 Å². The number of ketones is 1. The smallest absolute Gasteiger partial charge is 0.185 e. The number of allylic oxidation sites excluding steroid dienone is 1. The third kappa shape index (κ3) is 4.73. The zero-order valence-corrected chi connectivity index (χ0v) is 15.1. The molecule has 4 heteroatoms. The highest BCUT2D eigenvalue weighted by molar-refractivity contribution is 6.07. The molecule has 2 aromatic rings.